The first kappa shape index (κ1) is 8.02. The molecule has 0 spiro atoms. The van der Waals surface area contributed by atoms with Crippen LogP contribution in [-0.4, -0.2) is 36.2 Å². The van der Waals surface area contributed by atoms with Gasteiger partial charge in [-0.1, -0.05) is 6.92 Å². The minimum Gasteiger partial charge on any atom is -0.396 e. The summed E-state index contributed by atoms with van der Waals surface area (Å²) >= 11 is 0. The Morgan fingerprint density at radius 2 is 2.40 bits per heavy atom. The third-order valence-corrected chi connectivity index (χ3v) is 2.59. The smallest absolute Gasteiger partial charge is 0.0434 e. The maximum absolute atomic E-state index is 8.67. The van der Waals surface area contributed by atoms with Crippen LogP contribution in [0, 0.1) is 5.92 Å². The van der Waals surface area contributed by atoms with Gasteiger partial charge >= 0.3 is 0 Å². The second-order valence-corrected chi connectivity index (χ2v) is 3.33. The van der Waals surface area contributed by atoms with Crippen molar-refractivity contribution in [3.05, 3.63) is 0 Å². The fourth-order valence-electron chi connectivity index (χ4n) is 1.65. The maximum Gasteiger partial charge on any atom is 0.0434 e. The van der Waals surface area contributed by atoms with Crippen molar-refractivity contribution in [2.24, 2.45) is 5.92 Å². The van der Waals surface area contributed by atoms with Crippen molar-refractivity contribution in [3.8, 4) is 0 Å². The summed E-state index contributed by atoms with van der Waals surface area (Å²) in [7, 11) is 2.15. The SMILES string of the molecule is CC(CCO)C1CCN1C. The third-order valence-electron chi connectivity index (χ3n) is 2.59. The molecule has 1 saturated heterocycles. The van der Waals surface area contributed by atoms with Gasteiger partial charge in [0.15, 0.2) is 0 Å². The van der Waals surface area contributed by atoms with Crippen LogP contribution in [-0.2, 0) is 0 Å². The van der Waals surface area contributed by atoms with Gasteiger partial charge in [0, 0.05) is 12.6 Å². The molecular formula is C8H17NO. The Kier molecular flexibility index (Phi) is 2.69. The molecule has 2 heteroatoms. The first-order valence-corrected chi connectivity index (χ1v) is 4.07. The van der Waals surface area contributed by atoms with E-state index in [1.807, 2.05) is 0 Å². The number of aliphatic hydroxyl groups is 1. The van der Waals surface area contributed by atoms with Gasteiger partial charge in [-0.2, -0.15) is 0 Å². The second-order valence-electron chi connectivity index (χ2n) is 3.33. The van der Waals surface area contributed by atoms with E-state index in [2.05, 4.69) is 18.9 Å². The van der Waals surface area contributed by atoms with E-state index < -0.39 is 0 Å². The van der Waals surface area contributed by atoms with E-state index >= 15 is 0 Å². The Morgan fingerprint density at radius 1 is 1.70 bits per heavy atom. The molecule has 1 aliphatic rings. The zero-order valence-corrected chi connectivity index (χ0v) is 6.88. The van der Waals surface area contributed by atoms with E-state index in [0.29, 0.717) is 12.5 Å². The van der Waals surface area contributed by atoms with E-state index in [4.69, 9.17) is 5.11 Å². The number of hydrogen-bond donors (Lipinski definition) is 1. The lowest BCUT2D eigenvalue weighted by Gasteiger charge is -2.41. The van der Waals surface area contributed by atoms with Crippen LogP contribution in [0.4, 0.5) is 0 Å². The molecule has 1 fully saturated rings. The van der Waals surface area contributed by atoms with E-state index in [9.17, 15) is 0 Å². The summed E-state index contributed by atoms with van der Waals surface area (Å²) in [6.07, 6.45) is 2.27. The number of nitrogens with zero attached hydrogens (tertiary/aromatic N) is 1. The molecular weight excluding hydrogens is 126 g/mol. The highest BCUT2D eigenvalue weighted by Gasteiger charge is 2.28. The molecule has 1 rings (SSSR count). The Hall–Kier alpha value is -0.0800. The van der Waals surface area contributed by atoms with Crippen molar-refractivity contribution in [3.63, 3.8) is 0 Å². The molecule has 0 saturated carbocycles. The Balaban J connectivity index is 2.20. The summed E-state index contributed by atoms with van der Waals surface area (Å²) < 4.78 is 0. The molecule has 10 heavy (non-hydrogen) atoms. The normalized spacial score (nSPS) is 29.7. The zero-order chi connectivity index (χ0) is 7.56. The Morgan fingerprint density at radius 3 is 2.70 bits per heavy atom. The van der Waals surface area contributed by atoms with Crippen LogP contribution in [0.5, 0.6) is 0 Å². The summed E-state index contributed by atoms with van der Waals surface area (Å²) in [6.45, 7) is 3.79. The van der Waals surface area contributed by atoms with Crippen molar-refractivity contribution >= 4 is 0 Å². The topological polar surface area (TPSA) is 23.5 Å². The predicted molar refractivity (Wildman–Crippen MR) is 41.9 cm³/mol. The van der Waals surface area contributed by atoms with Crippen LogP contribution in [0.3, 0.4) is 0 Å². The summed E-state index contributed by atoms with van der Waals surface area (Å²) in [5.41, 5.74) is 0. The first-order valence-electron chi connectivity index (χ1n) is 4.07. The van der Waals surface area contributed by atoms with E-state index in [1.165, 1.54) is 13.0 Å². The molecule has 1 aliphatic heterocycles. The lowest BCUT2D eigenvalue weighted by atomic mass is 9.89. The number of aliphatic hydroxyl groups excluding tert-OH is 1. The second kappa shape index (κ2) is 3.35. The van der Waals surface area contributed by atoms with Crippen LogP contribution >= 0.6 is 0 Å². The standard InChI is InChI=1S/C8H17NO/c1-7(4-6-10)8-3-5-9(8)2/h7-8,10H,3-6H2,1-2H3. The molecule has 0 aromatic carbocycles. The molecule has 60 valence electrons. The van der Waals surface area contributed by atoms with Crippen molar-refractivity contribution in [1.82, 2.24) is 4.90 Å². The average Bonchev–Trinajstić information content (AvgIpc) is 1.85. The monoisotopic (exact) mass is 143 g/mol. The van der Waals surface area contributed by atoms with E-state index in [1.54, 1.807) is 0 Å². The highest BCUT2D eigenvalue weighted by Crippen LogP contribution is 2.24. The lowest BCUT2D eigenvalue weighted by Crippen LogP contribution is -2.48. The van der Waals surface area contributed by atoms with Crippen molar-refractivity contribution in [2.75, 3.05) is 20.2 Å². The minimum absolute atomic E-state index is 0.339. The molecule has 0 amide bonds. The molecule has 1 heterocycles. The summed E-state index contributed by atoms with van der Waals surface area (Å²) in [4.78, 5) is 2.36. The molecule has 0 aromatic rings. The zero-order valence-electron chi connectivity index (χ0n) is 6.88. The Bertz CT molecular complexity index is 105. The van der Waals surface area contributed by atoms with Gasteiger partial charge in [0.1, 0.15) is 0 Å². The highest BCUT2D eigenvalue weighted by molar-refractivity contribution is 4.83. The molecule has 2 nitrogen and oxygen atoms in total. The van der Waals surface area contributed by atoms with Crippen LogP contribution < -0.4 is 0 Å². The van der Waals surface area contributed by atoms with Gasteiger partial charge in [0.05, 0.1) is 0 Å². The van der Waals surface area contributed by atoms with Crippen LogP contribution in [0.15, 0.2) is 0 Å². The molecule has 0 aromatic heterocycles. The van der Waals surface area contributed by atoms with E-state index in [-0.39, 0.29) is 0 Å². The molecule has 0 aliphatic carbocycles. The fraction of sp³-hybridized carbons (Fsp3) is 1.00. The molecule has 0 radical (unpaired) electrons. The Labute approximate surface area is 62.8 Å². The first-order chi connectivity index (χ1) is 4.75. The van der Waals surface area contributed by atoms with Gasteiger partial charge in [-0.15, -0.1) is 0 Å². The molecule has 2 atom stereocenters. The van der Waals surface area contributed by atoms with Crippen LogP contribution in [0.1, 0.15) is 19.8 Å². The summed E-state index contributed by atoms with van der Waals surface area (Å²) in [6, 6.07) is 0.743. The third kappa shape index (κ3) is 1.50. The number of rotatable bonds is 3. The van der Waals surface area contributed by atoms with Gasteiger partial charge in [0.2, 0.25) is 0 Å². The quantitative estimate of drug-likeness (QED) is 0.629. The molecule has 2 unspecified atom stereocenters. The fourth-order valence-corrected chi connectivity index (χ4v) is 1.65. The van der Waals surface area contributed by atoms with Crippen LogP contribution in [0.25, 0.3) is 0 Å². The van der Waals surface area contributed by atoms with Gasteiger partial charge in [-0.25, -0.2) is 0 Å². The van der Waals surface area contributed by atoms with Crippen molar-refractivity contribution < 1.29 is 5.11 Å². The lowest BCUT2D eigenvalue weighted by molar-refractivity contribution is 0.0678. The van der Waals surface area contributed by atoms with Gasteiger partial charge < -0.3 is 10.0 Å². The van der Waals surface area contributed by atoms with Gasteiger partial charge in [-0.3, -0.25) is 0 Å². The predicted octanol–water partition coefficient (Wildman–Crippen LogP) is 0.709. The molecule has 1 N–H and O–H groups in total. The van der Waals surface area contributed by atoms with Crippen molar-refractivity contribution in [1.29, 1.82) is 0 Å². The summed E-state index contributed by atoms with van der Waals surface area (Å²) in [5.74, 6) is 0.670. The van der Waals surface area contributed by atoms with Gasteiger partial charge in [0.25, 0.3) is 0 Å². The minimum atomic E-state index is 0.339. The van der Waals surface area contributed by atoms with E-state index in [0.717, 1.165) is 12.5 Å². The highest BCUT2D eigenvalue weighted by atomic mass is 16.3. The number of hydrogen-bond acceptors (Lipinski definition) is 2. The number of likely N-dealkylation sites (tertiary alicyclic amines) is 1. The largest absolute Gasteiger partial charge is 0.396 e. The average molecular weight is 143 g/mol. The summed E-state index contributed by atoms with van der Waals surface area (Å²) in [5, 5.41) is 8.67. The maximum atomic E-state index is 8.67. The van der Waals surface area contributed by atoms with Crippen molar-refractivity contribution in [2.45, 2.75) is 25.8 Å². The molecule has 0 bridgehead atoms. The van der Waals surface area contributed by atoms with Gasteiger partial charge in [-0.05, 0) is 32.4 Å². The van der Waals surface area contributed by atoms with Crippen LogP contribution in [0.2, 0.25) is 0 Å².